The lowest BCUT2D eigenvalue weighted by Crippen LogP contribution is -2.24. The van der Waals surface area contributed by atoms with Crippen molar-refractivity contribution in [3.63, 3.8) is 0 Å². The Balaban J connectivity index is 1.81. The Bertz CT molecular complexity index is 910. The summed E-state index contributed by atoms with van der Waals surface area (Å²) in [5.41, 5.74) is 6.98. The number of nitrogens with zero attached hydrogens (tertiary/aromatic N) is 2. The summed E-state index contributed by atoms with van der Waals surface area (Å²) in [6.45, 7) is 3.85. The van der Waals surface area contributed by atoms with Gasteiger partial charge in [-0.15, -0.1) is 0 Å². The number of aryl methyl sites for hydroxylation is 1. The molecule has 0 aliphatic heterocycles. The number of nitrogens with one attached hydrogen (secondary N) is 1. The maximum Gasteiger partial charge on any atom is 0.270 e. The fourth-order valence-corrected chi connectivity index (χ4v) is 2.53. The van der Waals surface area contributed by atoms with E-state index in [-0.39, 0.29) is 11.7 Å². The first kappa shape index (κ1) is 16.5. The number of carbonyl (C=O) groups excluding carboxylic acids is 1. The molecular weight excluding hydrogens is 314 g/mol. The fraction of sp³-hybridized carbons (Fsp3) is 0.100. The van der Waals surface area contributed by atoms with Crippen LogP contribution in [0, 0.1) is 13.8 Å². The molecule has 0 atom stereocenters. The summed E-state index contributed by atoms with van der Waals surface area (Å²) >= 11 is 0. The average Bonchev–Trinajstić information content (AvgIpc) is 2.89. The number of amides is 1. The Kier molecular flexibility index (Phi) is 4.66. The van der Waals surface area contributed by atoms with Crippen LogP contribution >= 0.6 is 0 Å². The van der Waals surface area contributed by atoms with Crippen LogP contribution < -0.4 is 5.43 Å². The number of rotatable bonds is 4. The molecule has 0 saturated heterocycles. The molecule has 5 heteroatoms. The second-order valence-electron chi connectivity index (χ2n) is 5.74. The van der Waals surface area contributed by atoms with Crippen molar-refractivity contribution >= 4 is 17.8 Å². The Hall–Kier alpha value is -3.34. The predicted molar refractivity (Wildman–Crippen MR) is 99.4 cm³/mol. The van der Waals surface area contributed by atoms with Crippen molar-refractivity contribution in [3.8, 4) is 5.75 Å². The standard InChI is InChI=1S/C20H19N3O2/c1-14-12-17(13-21-18-8-10-19(24)11-9-18)15(2)23(14)22-20(25)16-6-4-3-5-7-16/h3-13,24H,1-2H3,(H,22,25). The average molecular weight is 333 g/mol. The van der Waals surface area contributed by atoms with Gasteiger partial charge in [0.15, 0.2) is 0 Å². The molecule has 3 aromatic rings. The molecule has 0 bridgehead atoms. The zero-order chi connectivity index (χ0) is 17.8. The first-order valence-electron chi connectivity index (χ1n) is 7.93. The second-order valence-corrected chi connectivity index (χ2v) is 5.74. The number of benzene rings is 2. The highest BCUT2D eigenvalue weighted by molar-refractivity contribution is 6.00. The third-order valence-corrected chi connectivity index (χ3v) is 3.92. The number of aromatic nitrogens is 1. The van der Waals surface area contributed by atoms with E-state index in [4.69, 9.17) is 0 Å². The Morgan fingerprint density at radius 2 is 1.76 bits per heavy atom. The summed E-state index contributed by atoms with van der Waals surface area (Å²) in [6, 6.07) is 17.7. The number of aromatic hydroxyl groups is 1. The van der Waals surface area contributed by atoms with Crippen LogP contribution in [-0.2, 0) is 0 Å². The molecule has 0 saturated carbocycles. The van der Waals surface area contributed by atoms with Crippen LogP contribution in [0.4, 0.5) is 5.69 Å². The molecule has 2 aromatic carbocycles. The SMILES string of the molecule is Cc1cc(C=Nc2ccc(O)cc2)c(C)n1NC(=O)c1ccccc1. The molecule has 1 aromatic heterocycles. The van der Waals surface area contributed by atoms with Crippen LogP contribution in [0.3, 0.4) is 0 Å². The summed E-state index contributed by atoms with van der Waals surface area (Å²) in [5.74, 6) is 0.0465. The van der Waals surface area contributed by atoms with Gasteiger partial charge in [0.1, 0.15) is 5.75 Å². The van der Waals surface area contributed by atoms with Crippen LogP contribution in [0.15, 0.2) is 65.7 Å². The number of aliphatic imine (C=N–C) groups is 1. The summed E-state index contributed by atoms with van der Waals surface area (Å²) in [4.78, 5) is 16.8. The molecule has 126 valence electrons. The van der Waals surface area contributed by atoms with Gasteiger partial charge in [-0.3, -0.25) is 19.9 Å². The molecular formula is C20H19N3O2. The molecule has 1 amide bonds. The van der Waals surface area contributed by atoms with Crippen LogP contribution in [0.1, 0.15) is 27.3 Å². The van der Waals surface area contributed by atoms with E-state index < -0.39 is 0 Å². The highest BCUT2D eigenvalue weighted by Gasteiger charge is 2.11. The maximum absolute atomic E-state index is 12.3. The van der Waals surface area contributed by atoms with Gasteiger partial charge in [0.25, 0.3) is 5.91 Å². The maximum atomic E-state index is 12.3. The quantitative estimate of drug-likeness (QED) is 0.710. The van der Waals surface area contributed by atoms with Gasteiger partial charge in [0, 0.05) is 28.7 Å². The van der Waals surface area contributed by atoms with Crippen LogP contribution in [0.5, 0.6) is 5.75 Å². The van der Waals surface area contributed by atoms with E-state index in [0.717, 1.165) is 22.6 Å². The lowest BCUT2D eigenvalue weighted by atomic mass is 10.2. The summed E-state index contributed by atoms with van der Waals surface area (Å²) < 4.78 is 1.76. The topological polar surface area (TPSA) is 66.6 Å². The lowest BCUT2D eigenvalue weighted by molar-refractivity contribution is 0.101. The van der Waals surface area contributed by atoms with Gasteiger partial charge in [0.2, 0.25) is 0 Å². The van der Waals surface area contributed by atoms with Gasteiger partial charge in [-0.1, -0.05) is 18.2 Å². The Morgan fingerprint density at radius 1 is 1.08 bits per heavy atom. The predicted octanol–water partition coefficient (Wildman–Crippen LogP) is 3.95. The first-order chi connectivity index (χ1) is 12.0. The van der Waals surface area contributed by atoms with E-state index in [1.54, 1.807) is 47.3 Å². The van der Waals surface area contributed by atoms with Crippen molar-refractivity contribution in [2.45, 2.75) is 13.8 Å². The summed E-state index contributed by atoms with van der Waals surface area (Å²) in [6.07, 6.45) is 1.75. The largest absolute Gasteiger partial charge is 0.508 e. The molecule has 1 heterocycles. The monoisotopic (exact) mass is 333 g/mol. The molecule has 25 heavy (non-hydrogen) atoms. The lowest BCUT2D eigenvalue weighted by Gasteiger charge is -2.11. The zero-order valence-electron chi connectivity index (χ0n) is 14.1. The Morgan fingerprint density at radius 3 is 2.44 bits per heavy atom. The number of carbonyl (C=O) groups is 1. The van der Waals surface area contributed by atoms with Gasteiger partial charge in [-0.25, -0.2) is 0 Å². The van der Waals surface area contributed by atoms with Crippen LogP contribution in [0.25, 0.3) is 0 Å². The minimum Gasteiger partial charge on any atom is -0.508 e. The zero-order valence-corrected chi connectivity index (χ0v) is 14.1. The smallest absolute Gasteiger partial charge is 0.270 e. The van der Waals surface area contributed by atoms with Crippen molar-refractivity contribution in [2.24, 2.45) is 4.99 Å². The minimum absolute atomic E-state index is 0.163. The molecule has 0 aliphatic rings. The van der Waals surface area contributed by atoms with E-state index in [1.807, 2.05) is 38.1 Å². The van der Waals surface area contributed by atoms with Crippen molar-refractivity contribution in [3.05, 3.63) is 83.2 Å². The molecule has 0 unspecified atom stereocenters. The molecule has 0 aliphatic carbocycles. The van der Waals surface area contributed by atoms with E-state index in [0.29, 0.717) is 5.56 Å². The molecule has 5 nitrogen and oxygen atoms in total. The highest BCUT2D eigenvalue weighted by atomic mass is 16.3. The van der Waals surface area contributed by atoms with Gasteiger partial charge >= 0.3 is 0 Å². The van der Waals surface area contributed by atoms with Gasteiger partial charge in [0.05, 0.1) is 5.69 Å². The van der Waals surface area contributed by atoms with Crippen molar-refractivity contribution in [1.29, 1.82) is 0 Å². The summed E-state index contributed by atoms with van der Waals surface area (Å²) in [5, 5.41) is 9.31. The van der Waals surface area contributed by atoms with Gasteiger partial charge < -0.3 is 5.11 Å². The van der Waals surface area contributed by atoms with Crippen molar-refractivity contribution in [2.75, 3.05) is 5.43 Å². The third kappa shape index (κ3) is 3.77. The first-order valence-corrected chi connectivity index (χ1v) is 7.93. The van der Waals surface area contributed by atoms with E-state index >= 15 is 0 Å². The molecule has 0 fully saturated rings. The Labute approximate surface area is 146 Å². The van der Waals surface area contributed by atoms with Gasteiger partial charge in [-0.05, 0) is 56.3 Å². The van der Waals surface area contributed by atoms with E-state index in [2.05, 4.69) is 10.4 Å². The number of hydrogen-bond acceptors (Lipinski definition) is 3. The second kappa shape index (κ2) is 7.05. The van der Waals surface area contributed by atoms with Crippen LogP contribution in [-0.4, -0.2) is 21.9 Å². The molecule has 0 spiro atoms. The highest BCUT2D eigenvalue weighted by Crippen LogP contribution is 2.18. The van der Waals surface area contributed by atoms with Crippen molar-refractivity contribution < 1.29 is 9.90 Å². The third-order valence-electron chi connectivity index (χ3n) is 3.92. The van der Waals surface area contributed by atoms with Gasteiger partial charge in [-0.2, -0.15) is 0 Å². The minimum atomic E-state index is -0.163. The number of hydrogen-bond donors (Lipinski definition) is 2. The van der Waals surface area contributed by atoms with Crippen molar-refractivity contribution in [1.82, 2.24) is 4.68 Å². The molecule has 2 N–H and O–H groups in total. The number of phenolic OH excluding ortho intramolecular Hbond substituents is 1. The van der Waals surface area contributed by atoms with E-state index in [1.165, 1.54) is 0 Å². The molecule has 3 rings (SSSR count). The number of phenols is 1. The molecule has 0 radical (unpaired) electrons. The van der Waals surface area contributed by atoms with Crippen LogP contribution in [0.2, 0.25) is 0 Å². The fourth-order valence-electron chi connectivity index (χ4n) is 2.53. The van der Waals surface area contributed by atoms with E-state index in [9.17, 15) is 9.90 Å². The normalized spacial score (nSPS) is 11.0. The summed E-state index contributed by atoms with van der Waals surface area (Å²) in [7, 11) is 0.